The molecule has 0 saturated heterocycles. The first kappa shape index (κ1) is 9.52. The Balaban J connectivity index is 1.95. The Labute approximate surface area is 86.8 Å². The van der Waals surface area contributed by atoms with Crippen LogP contribution in [-0.4, -0.2) is 17.6 Å². The second kappa shape index (κ2) is 3.28. The van der Waals surface area contributed by atoms with Crippen LogP contribution < -0.4 is 5.32 Å². The van der Waals surface area contributed by atoms with E-state index in [4.69, 9.17) is 5.11 Å². The monoisotopic (exact) mass is 211 g/mol. The van der Waals surface area contributed by atoms with Crippen molar-refractivity contribution < 1.29 is 9.90 Å². The molecule has 1 aromatic heterocycles. The van der Waals surface area contributed by atoms with Crippen molar-refractivity contribution in [2.75, 3.05) is 11.9 Å². The number of thiophene rings is 1. The van der Waals surface area contributed by atoms with Gasteiger partial charge in [-0.2, -0.15) is 0 Å². The number of carboxylic acid groups (broad SMARTS) is 1. The Bertz CT molecular complexity index is 355. The molecular formula is C10H13NO2S. The molecule has 1 saturated carbocycles. The van der Waals surface area contributed by atoms with Gasteiger partial charge in [-0.3, -0.25) is 4.79 Å². The van der Waals surface area contributed by atoms with E-state index in [-0.39, 0.29) is 0 Å². The zero-order valence-electron chi connectivity index (χ0n) is 8.04. The second-order valence-corrected chi connectivity index (χ2v) is 4.79. The molecule has 1 aliphatic carbocycles. The second-order valence-electron chi connectivity index (χ2n) is 3.87. The number of aliphatic carboxylic acids is 1. The highest BCUT2D eigenvalue weighted by Crippen LogP contribution is 2.46. The van der Waals surface area contributed by atoms with Crippen LogP contribution in [-0.2, 0) is 4.79 Å². The fourth-order valence-electron chi connectivity index (χ4n) is 1.42. The molecule has 0 spiro atoms. The summed E-state index contributed by atoms with van der Waals surface area (Å²) in [7, 11) is 0. The quantitative estimate of drug-likeness (QED) is 0.803. The van der Waals surface area contributed by atoms with Crippen molar-refractivity contribution in [2.24, 2.45) is 5.41 Å². The third kappa shape index (κ3) is 1.62. The summed E-state index contributed by atoms with van der Waals surface area (Å²) in [6, 6.07) is 2.04. The smallest absolute Gasteiger partial charge is 0.311 e. The van der Waals surface area contributed by atoms with E-state index in [1.54, 1.807) is 11.3 Å². The van der Waals surface area contributed by atoms with E-state index >= 15 is 0 Å². The maximum Gasteiger partial charge on any atom is 0.311 e. The van der Waals surface area contributed by atoms with Gasteiger partial charge in [-0.25, -0.2) is 0 Å². The minimum absolute atomic E-state index is 0.476. The highest BCUT2D eigenvalue weighted by molar-refractivity contribution is 7.14. The van der Waals surface area contributed by atoms with Crippen molar-refractivity contribution >= 4 is 22.3 Å². The molecule has 0 amide bonds. The predicted molar refractivity (Wildman–Crippen MR) is 56.8 cm³/mol. The molecule has 0 radical (unpaired) electrons. The summed E-state index contributed by atoms with van der Waals surface area (Å²) in [5, 5.41) is 15.3. The number of rotatable bonds is 4. The third-order valence-electron chi connectivity index (χ3n) is 2.76. The Hall–Kier alpha value is -1.03. The minimum Gasteiger partial charge on any atom is -0.481 e. The summed E-state index contributed by atoms with van der Waals surface area (Å²) in [6.07, 6.45) is 1.61. The fourth-order valence-corrected chi connectivity index (χ4v) is 2.24. The lowest BCUT2D eigenvalue weighted by Gasteiger charge is -2.11. The van der Waals surface area contributed by atoms with Gasteiger partial charge in [0.2, 0.25) is 0 Å². The molecule has 1 aliphatic rings. The van der Waals surface area contributed by atoms with Crippen molar-refractivity contribution in [3.8, 4) is 0 Å². The third-order valence-corrected chi connectivity index (χ3v) is 3.73. The van der Waals surface area contributed by atoms with E-state index in [9.17, 15) is 4.79 Å². The van der Waals surface area contributed by atoms with Crippen LogP contribution in [0.1, 0.15) is 18.4 Å². The SMILES string of the molecule is Cc1ccsc1NCC1(C(=O)O)CC1. The van der Waals surface area contributed by atoms with Gasteiger partial charge in [-0.05, 0) is 36.8 Å². The number of carbonyl (C=O) groups is 1. The van der Waals surface area contributed by atoms with Crippen LogP contribution >= 0.6 is 11.3 Å². The van der Waals surface area contributed by atoms with Crippen molar-refractivity contribution in [3.63, 3.8) is 0 Å². The molecule has 1 heterocycles. The van der Waals surface area contributed by atoms with E-state index in [0.717, 1.165) is 17.8 Å². The fraction of sp³-hybridized carbons (Fsp3) is 0.500. The summed E-state index contributed by atoms with van der Waals surface area (Å²) in [5.74, 6) is -0.667. The van der Waals surface area contributed by atoms with Gasteiger partial charge >= 0.3 is 5.97 Å². The zero-order valence-corrected chi connectivity index (χ0v) is 8.86. The summed E-state index contributed by atoms with van der Waals surface area (Å²) >= 11 is 1.63. The van der Waals surface area contributed by atoms with E-state index < -0.39 is 11.4 Å². The molecule has 1 aromatic rings. The molecule has 3 nitrogen and oxygen atoms in total. The van der Waals surface area contributed by atoms with Gasteiger partial charge in [0.25, 0.3) is 0 Å². The van der Waals surface area contributed by atoms with Crippen LogP contribution in [0, 0.1) is 12.3 Å². The Morgan fingerprint density at radius 3 is 2.86 bits per heavy atom. The lowest BCUT2D eigenvalue weighted by atomic mass is 10.1. The largest absolute Gasteiger partial charge is 0.481 e. The van der Waals surface area contributed by atoms with Crippen LogP contribution in [0.4, 0.5) is 5.00 Å². The van der Waals surface area contributed by atoms with Crippen LogP contribution in [0.3, 0.4) is 0 Å². The zero-order chi connectivity index (χ0) is 10.2. The Morgan fingerprint density at radius 1 is 1.71 bits per heavy atom. The van der Waals surface area contributed by atoms with Crippen LogP contribution in [0.25, 0.3) is 0 Å². The van der Waals surface area contributed by atoms with Crippen molar-refractivity contribution in [1.82, 2.24) is 0 Å². The van der Waals surface area contributed by atoms with Gasteiger partial charge in [0, 0.05) is 6.54 Å². The molecule has 1 fully saturated rings. The van der Waals surface area contributed by atoms with Gasteiger partial charge in [0.05, 0.1) is 10.4 Å². The average molecular weight is 211 g/mol. The highest BCUT2D eigenvalue weighted by Gasteiger charge is 2.50. The number of hydrogen-bond acceptors (Lipinski definition) is 3. The minimum atomic E-state index is -0.667. The van der Waals surface area contributed by atoms with Gasteiger partial charge in [0.1, 0.15) is 0 Å². The van der Waals surface area contributed by atoms with Gasteiger partial charge in [-0.15, -0.1) is 11.3 Å². The first-order chi connectivity index (χ1) is 6.64. The summed E-state index contributed by atoms with van der Waals surface area (Å²) < 4.78 is 0. The number of hydrogen-bond donors (Lipinski definition) is 2. The summed E-state index contributed by atoms with van der Waals surface area (Å²) in [6.45, 7) is 2.59. The van der Waals surface area contributed by atoms with Gasteiger partial charge < -0.3 is 10.4 Å². The van der Waals surface area contributed by atoms with E-state index in [1.807, 2.05) is 18.4 Å². The van der Waals surface area contributed by atoms with E-state index in [2.05, 4.69) is 5.32 Å². The lowest BCUT2D eigenvalue weighted by Crippen LogP contribution is -2.24. The Morgan fingerprint density at radius 2 is 2.43 bits per heavy atom. The van der Waals surface area contributed by atoms with Crippen LogP contribution in [0.2, 0.25) is 0 Å². The highest BCUT2D eigenvalue weighted by atomic mass is 32.1. The molecule has 0 bridgehead atoms. The first-order valence-electron chi connectivity index (χ1n) is 4.65. The predicted octanol–water partition coefficient (Wildman–Crippen LogP) is 2.33. The molecular weight excluding hydrogens is 198 g/mol. The molecule has 0 atom stereocenters. The van der Waals surface area contributed by atoms with Crippen LogP contribution in [0.15, 0.2) is 11.4 Å². The first-order valence-corrected chi connectivity index (χ1v) is 5.53. The Kier molecular flexibility index (Phi) is 2.23. The summed E-state index contributed by atoms with van der Waals surface area (Å²) in [4.78, 5) is 10.9. The van der Waals surface area contributed by atoms with E-state index in [1.165, 1.54) is 5.56 Å². The number of anilines is 1. The molecule has 0 unspecified atom stereocenters. The van der Waals surface area contributed by atoms with E-state index in [0.29, 0.717) is 6.54 Å². The molecule has 76 valence electrons. The average Bonchev–Trinajstić information content (AvgIpc) is 2.83. The molecule has 14 heavy (non-hydrogen) atoms. The van der Waals surface area contributed by atoms with Crippen molar-refractivity contribution in [3.05, 3.63) is 17.0 Å². The summed E-state index contributed by atoms with van der Waals surface area (Å²) in [5.41, 5.74) is 0.715. The standard InChI is InChI=1S/C10H13NO2S/c1-7-2-5-14-8(7)11-6-10(3-4-10)9(12)13/h2,5,11H,3-4,6H2,1H3,(H,12,13). The van der Waals surface area contributed by atoms with Crippen LogP contribution in [0.5, 0.6) is 0 Å². The molecule has 2 rings (SSSR count). The normalized spacial score (nSPS) is 17.8. The van der Waals surface area contributed by atoms with Gasteiger partial charge in [0.15, 0.2) is 0 Å². The molecule has 4 heteroatoms. The van der Waals surface area contributed by atoms with Gasteiger partial charge in [-0.1, -0.05) is 0 Å². The molecule has 0 aromatic carbocycles. The lowest BCUT2D eigenvalue weighted by molar-refractivity contribution is -0.142. The number of carboxylic acids is 1. The van der Waals surface area contributed by atoms with Crippen molar-refractivity contribution in [2.45, 2.75) is 19.8 Å². The number of aryl methyl sites for hydroxylation is 1. The topological polar surface area (TPSA) is 49.3 Å². The van der Waals surface area contributed by atoms with Crippen molar-refractivity contribution in [1.29, 1.82) is 0 Å². The molecule has 2 N–H and O–H groups in total. The number of nitrogens with one attached hydrogen (secondary N) is 1. The maximum absolute atomic E-state index is 10.9. The molecule has 0 aliphatic heterocycles. The maximum atomic E-state index is 10.9.